The van der Waals surface area contributed by atoms with Gasteiger partial charge in [-0.3, -0.25) is 4.79 Å². The molecule has 0 spiro atoms. The maximum atomic E-state index is 13.2. The Morgan fingerprint density at radius 1 is 1.03 bits per heavy atom. The first-order valence-electron chi connectivity index (χ1n) is 10.3. The third-order valence-corrected chi connectivity index (χ3v) is 7.21. The molecule has 3 aromatic carbocycles. The monoisotopic (exact) mass is 470 g/mol. The van der Waals surface area contributed by atoms with Gasteiger partial charge in [-0.05, 0) is 66.1 Å². The number of sulfonamides is 1. The van der Waals surface area contributed by atoms with Gasteiger partial charge in [-0.25, -0.2) is 12.8 Å². The fourth-order valence-corrected chi connectivity index (χ4v) is 5.07. The number of nitrogens with one attached hydrogen (secondary N) is 1. The summed E-state index contributed by atoms with van der Waals surface area (Å²) in [6.45, 7) is 0.282. The van der Waals surface area contributed by atoms with E-state index in [9.17, 15) is 17.6 Å². The van der Waals surface area contributed by atoms with Crippen LogP contribution >= 0.6 is 0 Å². The number of anilines is 1. The fraction of sp³-hybridized carbons (Fsp3) is 0.208. The number of carbonyl (C=O) groups excluding carboxylic acids is 1. The van der Waals surface area contributed by atoms with Crippen molar-refractivity contribution >= 4 is 21.6 Å². The van der Waals surface area contributed by atoms with Crippen molar-refractivity contribution in [3.8, 4) is 11.5 Å². The number of carbonyl (C=O) groups is 1. The highest BCUT2D eigenvalue weighted by atomic mass is 32.2. The minimum absolute atomic E-state index is 0.0466. The number of rotatable bonds is 7. The molecule has 172 valence electrons. The van der Waals surface area contributed by atoms with Gasteiger partial charge < -0.3 is 14.8 Å². The molecule has 0 aliphatic carbocycles. The molecule has 3 aromatic rings. The van der Waals surface area contributed by atoms with Gasteiger partial charge in [0.25, 0.3) is 5.91 Å². The van der Waals surface area contributed by atoms with E-state index in [0.29, 0.717) is 30.2 Å². The Morgan fingerprint density at radius 3 is 2.48 bits per heavy atom. The van der Waals surface area contributed by atoms with Crippen molar-refractivity contribution in [2.75, 3.05) is 25.6 Å². The van der Waals surface area contributed by atoms with Gasteiger partial charge in [-0.2, -0.15) is 4.31 Å². The van der Waals surface area contributed by atoms with Crippen LogP contribution in [0.2, 0.25) is 0 Å². The Bertz CT molecular complexity index is 1260. The Morgan fingerprint density at radius 2 is 1.76 bits per heavy atom. The molecule has 1 amide bonds. The average Bonchev–Trinajstić information content (AvgIpc) is 2.82. The van der Waals surface area contributed by atoms with Crippen LogP contribution in [0.4, 0.5) is 10.1 Å². The molecular weight excluding hydrogens is 447 g/mol. The molecule has 9 heteroatoms. The lowest BCUT2D eigenvalue weighted by Gasteiger charge is -2.28. The van der Waals surface area contributed by atoms with Crippen LogP contribution in [0.5, 0.6) is 11.5 Å². The van der Waals surface area contributed by atoms with Crippen LogP contribution in [0.25, 0.3) is 0 Å². The van der Waals surface area contributed by atoms with Crippen LogP contribution in [0.15, 0.2) is 71.6 Å². The second kappa shape index (κ2) is 9.60. The third-order valence-electron chi connectivity index (χ3n) is 5.35. The topological polar surface area (TPSA) is 84.9 Å². The van der Waals surface area contributed by atoms with Crippen molar-refractivity contribution in [1.82, 2.24) is 4.31 Å². The van der Waals surface area contributed by atoms with Crippen molar-refractivity contribution in [2.45, 2.75) is 17.9 Å². The summed E-state index contributed by atoms with van der Waals surface area (Å²) in [5.41, 5.74) is 2.36. The van der Waals surface area contributed by atoms with Crippen molar-refractivity contribution in [3.05, 3.63) is 83.7 Å². The smallest absolute Gasteiger partial charge is 0.262 e. The number of halogens is 1. The number of amides is 1. The highest BCUT2D eigenvalue weighted by Crippen LogP contribution is 2.28. The van der Waals surface area contributed by atoms with Gasteiger partial charge >= 0.3 is 0 Å². The molecule has 7 nitrogen and oxygen atoms in total. The summed E-state index contributed by atoms with van der Waals surface area (Å²) >= 11 is 0. The molecular formula is C24H23FN2O5S. The molecule has 0 saturated heterocycles. The lowest BCUT2D eigenvalue weighted by atomic mass is 10.0. The Hall–Kier alpha value is -3.43. The van der Waals surface area contributed by atoms with Crippen molar-refractivity contribution < 1.29 is 27.1 Å². The molecule has 1 heterocycles. The Balaban J connectivity index is 1.43. The molecule has 0 atom stereocenters. The number of nitrogens with zero attached hydrogens (tertiary/aromatic N) is 1. The zero-order chi connectivity index (χ0) is 23.4. The summed E-state index contributed by atoms with van der Waals surface area (Å²) in [6.07, 6.45) is 0.543. The van der Waals surface area contributed by atoms with Crippen molar-refractivity contribution in [3.63, 3.8) is 0 Å². The average molecular weight is 471 g/mol. The van der Waals surface area contributed by atoms with E-state index in [1.807, 2.05) is 6.07 Å². The van der Waals surface area contributed by atoms with Gasteiger partial charge in [0.2, 0.25) is 10.0 Å². The molecule has 0 unspecified atom stereocenters. The lowest BCUT2D eigenvalue weighted by molar-refractivity contribution is -0.118. The molecule has 4 rings (SSSR count). The van der Waals surface area contributed by atoms with E-state index in [-0.39, 0.29) is 24.0 Å². The van der Waals surface area contributed by atoms with E-state index in [2.05, 4.69) is 5.32 Å². The molecule has 0 bridgehead atoms. The van der Waals surface area contributed by atoms with Crippen molar-refractivity contribution in [1.29, 1.82) is 0 Å². The maximum Gasteiger partial charge on any atom is 0.262 e. The SMILES string of the molecule is COc1ccccc1OCC(=O)Nc1ccc2c(c1)CN(S(=O)(=O)c1ccc(F)cc1)CC2. The number of methoxy groups -OCH3 is 1. The van der Waals surface area contributed by atoms with Gasteiger partial charge in [-0.15, -0.1) is 0 Å². The summed E-state index contributed by atoms with van der Waals surface area (Å²) in [5.74, 6) is 0.143. The van der Waals surface area contributed by atoms with E-state index in [4.69, 9.17) is 9.47 Å². The number of ether oxygens (including phenoxy) is 2. The standard InChI is InChI=1S/C24H23FN2O5S/c1-31-22-4-2-3-5-23(22)32-16-24(28)26-20-9-6-17-12-13-27(15-18(17)14-20)33(29,30)21-10-7-19(25)8-11-21/h2-11,14H,12-13,15-16H2,1H3,(H,26,28). The number of para-hydroxylation sites is 2. The molecule has 1 N–H and O–H groups in total. The van der Waals surface area contributed by atoms with Crippen LogP contribution in [0.1, 0.15) is 11.1 Å². The third kappa shape index (κ3) is 5.15. The lowest BCUT2D eigenvalue weighted by Crippen LogP contribution is -2.36. The second-order valence-electron chi connectivity index (χ2n) is 7.51. The van der Waals surface area contributed by atoms with Crippen LogP contribution in [-0.2, 0) is 27.8 Å². The fourth-order valence-electron chi connectivity index (χ4n) is 3.65. The van der Waals surface area contributed by atoms with E-state index in [1.165, 1.54) is 23.5 Å². The number of hydrogen-bond donors (Lipinski definition) is 1. The minimum atomic E-state index is -3.76. The predicted octanol–water partition coefficient (Wildman–Crippen LogP) is 3.60. The first-order valence-corrected chi connectivity index (χ1v) is 11.7. The van der Waals surface area contributed by atoms with Gasteiger partial charge in [0.1, 0.15) is 5.82 Å². The second-order valence-corrected chi connectivity index (χ2v) is 9.45. The zero-order valence-electron chi connectivity index (χ0n) is 18.0. The first kappa shape index (κ1) is 22.8. The Kier molecular flexibility index (Phi) is 6.62. The largest absolute Gasteiger partial charge is 0.493 e. The molecule has 33 heavy (non-hydrogen) atoms. The number of benzene rings is 3. The molecule has 0 aromatic heterocycles. The summed E-state index contributed by atoms with van der Waals surface area (Å²) in [6, 6.07) is 17.3. The number of hydrogen-bond acceptors (Lipinski definition) is 5. The molecule has 1 aliphatic heterocycles. The molecule has 0 fully saturated rings. The summed E-state index contributed by atoms with van der Waals surface area (Å²) < 4.78 is 51.2. The van der Waals surface area contributed by atoms with Gasteiger partial charge in [-0.1, -0.05) is 18.2 Å². The minimum Gasteiger partial charge on any atom is -0.493 e. The van der Waals surface area contributed by atoms with Crippen LogP contribution in [0, 0.1) is 5.82 Å². The first-order chi connectivity index (χ1) is 15.9. The maximum absolute atomic E-state index is 13.2. The van der Waals surface area contributed by atoms with E-state index >= 15 is 0 Å². The van der Waals surface area contributed by atoms with Gasteiger partial charge in [0.05, 0.1) is 12.0 Å². The van der Waals surface area contributed by atoms with Crippen LogP contribution < -0.4 is 14.8 Å². The van der Waals surface area contributed by atoms with Crippen LogP contribution in [-0.4, -0.2) is 38.9 Å². The molecule has 0 radical (unpaired) electrons. The van der Waals surface area contributed by atoms with E-state index in [0.717, 1.165) is 23.3 Å². The summed E-state index contributed by atoms with van der Waals surface area (Å²) in [5, 5.41) is 2.78. The highest BCUT2D eigenvalue weighted by molar-refractivity contribution is 7.89. The van der Waals surface area contributed by atoms with Crippen LogP contribution in [0.3, 0.4) is 0 Å². The molecule has 0 saturated carbocycles. The summed E-state index contributed by atoms with van der Waals surface area (Å²) in [7, 11) is -2.23. The van der Waals surface area contributed by atoms with Gasteiger partial charge in [0.15, 0.2) is 18.1 Å². The van der Waals surface area contributed by atoms with Gasteiger partial charge in [0, 0.05) is 18.8 Å². The van der Waals surface area contributed by atoms with Crippen molar-refractivity contribution in [2.24, 2.45) is 0 Å². The highest BCUT2D eigenvalue weighted by Gasteiger charge is 2.28. The Labute approximate surface area is 191 Å². The van der Waals surface area contributed by atoms with E-state index < -0.39 is 15.8 Å². The number of fused-ring (bicyclic) bond motifs is 1. The summed E-state index contributed by atoms with van der Waals surface area (Å²) in [4.78, 5) is 12.4. The zero-order valence-corrected chi connectivity index (χ0v) is 18.8. The normalized spacial score (nSPS) is 13.8. The quantitative estimate of drug-likeness (QED) is 0.570. The molecule has 1 aliphatic rings. The predicted molar refractivity (Wildman–Crippen MR) is 121 cm³/mol. The van der Waals surface area contributed by atoms with E-state index in [1.54, 1.807) is 36.4 Å².